The zero-order valence-electron chi connectivity index (χ0n) is 11.5. The summed E-state index contributed by atoms with van der Waals surface area (Å²) < 4.78 is 0. The number of nitrogens with two attached hydrogens (primary N) is 1. The van der Waals surface area contributed by atoms with E-state index in [1.165, 1.54) is 5.56 Å². The van der Waals surface area contributed by atoms with Crippen molar-refractivity contribution in [1.29, 1.82) is 0 Å². The van der Waals surface area contributed by atoms with Gasteiger partial charge in [0.05, 0.1) is 0 Å². The minimum absolute atomic E-state index is 0. The van der Waals surface area contributed by atoms with Crippen LogP contribution in [-0.4, -0.2) is 65.6 Å². The zero-order valence-corrected chi connectivity index (χ0v) is 15.0. The van der Waals surface area contributed by atoms with Crippen molar-refractivity contribution < 1.29 is 0 Å². The molecule has 0 aromatic heterocycles. The average Bonchev–Trinajstić information content (AvgIpc) is 2.24. The Balaban J connectivity index is -0.0000000728. The summed E-state index contributed by atoms with van der Waals surface area (Å²) in [6.45, 7) is 7.70. The summed E-state index contributed by atoms with van der Waals surface area (Å²) in [4.78, 5) is 0. The smallest absolute Gasteiger partial charge is 0.358 e. The Hall–Kier alpha value is 0.621. The minimum Gasteiger partial charge on any atom is -0.358 e. The van der Waals surface area contributed by atoms with Gasteiger partial charge < -0.3 is 18.5 Å². The van der Waals surface area contributed by atoms with Gasteiger partial charge in [-0.2, -0.15) is 35.9 Å². The number of hydrogen-bond donors (Lipinski definition) is 2. The molecule has 2 nitrogen and oxygen atoms in total. The van der Waals surface area contributed by atoms with Crippen LogP contribution in [-0.2, 0) is 0 Å². The van der Waals surface area contributed by atoms with E-state index >= 15 is 0 Å². The fourth-order valence-electron chi connectivity index (χ4n) is 0.627. The average molecular weight is 298 g/mol. The monoisotopic (exact) mass is 298 g/mol. The van der Waals surface area contributed by atoms with Crippen molar-refractivity contribution in [3.63, 3.8) is 0 Å². The van der Waals surface area contributed by atoms with Crippen molar-refractivity contribution in [1.82, 2.24) is 5.32 Å². The van der Waals surface area contributed by atoms with E-state index in [0.717, 1.165) is 13.1 Å². The third-order valence-corrected chi connectivity index (χ3v) is 1.26. The molecule has 0 saturated carbocycles. The Bertz CT molecular complexity index is 177. The number of benzene rings is 1. The summed E-state index contributed by atoms with van der Waals surface area (Å²) in [5.74, 6) is 0. The molecule has 1 aromatic carbocycles. The predicted octanol–water partition coefficient (Wildman–Crippen LogP) is 2.06. The van der Waals surface area contributed by atoms with Crippen molar-refractivity contribution in [2.24, 2.45) is 5.73 Å². The molecule has 0 radical (unpaired) electrons. The Morgan fingerprint density at radius 3 is 2.06 bits per heavy atom. The van der Waals surface area contributed by atoms with Crippen LogP contribution in [0.2, 0.25) is 0 Å². The Labute approximate surface area is 139 Å². The number of rotatable bonds is 2. The van der Waals surface area contributed by atoms with Gasteiger partial charge in [0.15, 0.2) is 0 Å². The summed E-state index contributed by atoms with van der Waals surface area (Å²) >= 11 is 0. The Kier molecular flexibility index (Phi) is 39.3. The molecular weight excluding hydrogens is 272 g/mol. The molecule has 16 heavy (non-hydrogen) atoms. The summed E-state index contributed by atoms with van der Waals surface area (Å²) in [7, 11) is 1.88. The standard InChI is InChI=1S/C7H7.C3H10N2.C2H6.CH3.Sr/c1-7-5-3-2-4-6-7;1-5-3-2-4;1-2;;/h2-3,5-6H,1H3;5H,2-4H2,1H3;1-2H3;1H3;/q-1;;;-1;+2. The minimum atomic E-state index is 0. The van der Waals surface area contributed by atoms with Gasteiger partial charge in [0.25, 0.3) is 0 Å². The first-order valence-corrected chi connectivity index (χ1v) is 5.08. The van der Waals surface area contributed by atoms with Gasteiger partial charge in [0.1, 0.15) is 0 Å². The van der Waals surface area contributed by atoms with Crippen LogP contribution in [0, 0.1) is 20.4 Å². The molecule has 1 rings (SSSR count). The number of likely N-dealkylation sites (N-methyl/N-ethyl adjacent to an activating group) is 1. The quantitative estimate of drug-likeness (QED) is 0.648. The normalized spacial score (nSPS) is 6.81. The van der Waals surface area contributed by atoms with Gasteiger partial charge >= 0.3 is 45.5 Å². The third kappa shape index (κ3) is 24.0. The predicted molar refractivity (Wildman–Crippen MR) is 76.5 cm³/mol. The molecule has 0 unspecified atom stereocenters. The van der Waals surface area contributed by atoms with Crippen molar-refractivity contribution in [2.45, 2.75) is 20.8 Å². The van der Waals surface area contributed by atoms with Gasteiger partial charge in [-0.25, -0.2) is 0 Å². The zero-order chi connectivity index (χ0) is 11.2. The second-order valence-corrected chi connectivity index (χ2v) is 2.47. The molecule has 0 saturated heterocycles. The summed E-state index contributed by atoms with van der Waals surface area (Å²) in [6.07, 6.45) is 0. The molecule has 0 bridgehead atoms. The number of nitrogens with one attached hydrogen (secondary N) is 1. The van der Waals surface area contributed by atoms with E-state index in [0.29, 0.717) is 0 Å². The molecule has 0 aliphatic heterocycles. The van der Waals surface area contributed by atoms with Gasteiger partial charge in [-0.3, -0.25) is 0 Å². The second kappa shape index (κ2) is 24.7. The van der Waals surface area contributed by atoms with Gasteiger partial charge in [-0.1, -0.05) is 20.8 Å². The molecule has 0 amide bonds. The van der Waals surface area contributed by atoms with Gasteiger partial charge in [-0.05, 0) is 7.05 Å². The van der Waals surface area contributed by atoms with E-state index in [1.54, 1.807) is 0 Å². The molecule has 90 valence electrons. The molecule has 1 aromatic rings. The SMILES string of the molecule is CC.CNCCN.Cc1c[c-]ccc1.[CH3-].[Sr+2]. The van der Waals surface area contributed by atoms with E-state index in [9.17, 15) is 0 Å². The van der Waals surface area contributed by atoms with E-state index < -0.39 is 0 Å². The van der Waals surface area contributed by atoms with Crippen LogP contribution in [0.5, 0.6) is 0 Å². The van der Waals surface area contributed by atoms with E-state index in [2.05, 4.69) is 24.4 Å². The number of hydrogen-bond acceptors (Lipinski definition) is 2. The fourth-order valence-corrected chi connectivity index (χ4v) is 0.627. The second-order valence-electron chi connectivity index (χ2n) is 2.47. The maximum atomic E-state index is 5.08. The van der Waals surface area contributed by atoms with E-state index in [1.807, 2.05) is 39.1 Å². The van der Waals surface area contributed by atoms with Crippen LogP contribution >= 0.6 is 0 Å². The molecule has 3 N–H and O–H groups in total. The molecule has 0 atom stereocenters. The summed E-state index contributed by atoms with van der Waals surface area (Å²) in [6, 6.07) is 10.8. The van der Waals surface area contributed by atoms with Gasteiger partial charge in [0.2, 0.25) is 0 Å². The largest absolute Gasteiger partial charge is 2.00 e. The molecule has 0 spiro atoms. The molecule has 0 fully saturated rings. The maximum absolute atomic E-state index is 5.08. The van der Waals surface area contributed by atoms with Gasteiger partial charge in [0, 0.05) is 13.1 Å². The van der Waals surface area contributed by atoms with Gasteiger partial charge in [-0.15, -0.1) is 0 Å². The van der Waals surface area contributed by atoms with Crippen LogP contribution in [0.25, 0.3) is 0 Å². The van der Waals surface area contributed by atoms with Crippen molar-refractivity contribution in [3.8, 4) is 0 Å². The first-order chi connectivity index (χ1) is 6.81. The van der Waals surface area contributed by atoms with Crippen molar-refractivity contribution in [2.75, 3.05) is 20.1 Å². The Morgan fingerprint density at radius 2 is 1.94 bits per heavy atom. The van der Waals surface area contributed by atoms with Crippen LogP contribution < -0.4 is 11.1 Å². The van der Waals surface area contributed by atoms with Crippen molar-refractivity contribution in [3.05, 3.63) is 43.3 Å². The molecule has 3 heteroatoms. The van der Waals surface area contributed by atoms with Crippen LogP contribution in [0.4, 0.5) is 0 Å². The first-order valence-electron chi connectivity index (χ1n) is 5.08. The van der Waals surface area contributed by atoms with Crippen LogP contribution in [0.1, 0.15) is 19.4 Å². The Morgan fingerprint density at radius 1 is 1.38 bits per heavy atom. The first kappa shape index (κ1) is 25.5. The van der Waals surface area contributed by atoms with Crippen molar-refractivity contribution >= 4 is 45.5 Å². The topological polar surface area (TPSA) is 38.0 Å². The van der Waals surface area contributed by atoms with Crippen LogP contribution in [0.15, 0.2) is 24.3 Å². The maximum Gasteiger partial charge on any atom is 2.00 e. The van der Waals surface area contributed by atoms with E-state index in [-0.39, 0.29) is 52.9 Å². The third-order valence-electron chi connectivity index (χ3n) is 1.26. The molecular formula is C13H26N2Sr. The summed E-state index contributed by atoms with van der Waals surface area (Å²) in [5.41, 5.74) is 6.34. The van der Waals surface area contributed by atoms with E-state index in [4.69, 9.17) is 5.73 Å². The van der Waals surface area contributed by atoms with Crippen LogP contribution in [0.3, 0.4) is 0 Å². The number of aryl methyl sites for hydroxylation is 1. The molecule has 0 heterocycles. The fraction of sp³-hybridized carbons (Fsp3) is 0.462. The molecule has 0 aliphatic carbocycles. The molecule has 0 aliphatic rings. The summed E-state index contributed by atoms with van der Waals surface area (Å²) in [5, 5.41) is 2.89.